The minimum absolute atomic E-state index is 0.309. The van der Waals surface area contributed by atoms with Gasteiger partial charge in [0.15, 0.2) is 0 Å². The van der Waals surface area contributed by atoms with Crippen molar-refractivity contribution in [3.8, 4) is 0 Å². The van der Waals surface area contributed by atoms with Gasteiger partial charge in [0, 0.05) is 13.1 Å². The van der Waals surface area contributed by atoms with Crippen LogP contribution in [0.5, 0.6) is 0 Å². The van der Waals surface area contributed by atoms with E-state index in [0.717, 1.165) is 39.0 Å². The Bertz CT molecular complexity index is 736. The van der Waals surface area contributed by atoms with E-state index in [-0.39, 0.29) is 0 Å². The number of fused-ring (bicyclic) bond motifs is 1. The second kappa shape index (κ2) is 9.52. The number of aromatic nitrogens is 2. The summed E-state index contributed by atoms with van der Waals surface area (Å²) in [5, 5.41) is 3.97. The first-order valence-electron chi connectivity index (χ1n) is 9.42. The molecule has 0 saturated heterocycles. The lowest BCUT2D eigenvalue weighted by Gasteiger charge is -2.21. The minimum Gasteiger partial charge on any atom is -0.462 e. The smallest absolute Gasteiger partial charge is 0.342 e. The lowest BCUT2D eigenvalue weighted by atomic mass is 10.2. The van der Waals surface area contributed by atoms with Gasteiger partial charge in [0.2, 0.25) is 5.71 Å². The van der Waals surface area contributed by atoms with Crippen LogP contribution in [0.2, 0.25) is 0 Å². The fraction of sp³-hybridized carbons (Fsp3) is 0.632. The molecule has 0 radical (unpaired) electrons. The Morgan fingerprint density at radius 1 is 1.12 bits per heavy atom. The van der Waals surface area contributed by atoms with Crippen LogP contribution in [0.1, 0.15) is 55.6 Å². The number of carbonyl (C=O) groups is 1. The number of aryl methyl sites for hydroxylation is 2. The van der Waals surface area contributed by atoms with Gasteiger partial charge in [-0.1, -0.05) is 13.8 Å². The molecule has 1 N–H and O–H groups in total. The topological polar surface area (TPSA) is 80.5 Å². The Hall–Kier alpha value is -2.15. The van der Waals surface area contributed by atoms with Gasteiger partial charge in [-0.2, -0.15) is 4.98 Å². The van der Waals surface area contributed by atoms with Crippen molar-refractivity contribution in [3.05, 3.63) is 17.1 Å². The van der Waals surface area contributed by atoms with Crippen molar-refractivity contribution >= 4 is 22.9 Å². The molecule has 0 fully saturated rings. The number of rotatable bonds is 10. The first kappa shape index (κ1) is 20.2. The molecule has 0 unspecified atom stereocenters. The molecule has 0 aromatic carbocycles. The Balaban J connectivity index is 2.26. The molecule has 2 heterocycles. The van der Waals surface area contributed by atoms with Gasteiger partial charge < -0.3 is 19.4 Å². The van der Waals surface area contributed by atoms with Crippen molar-refractivity contribution in [3.63, 3.8) is 0 Å². The lowest BCUT2D eigenvalue weighted by Crippen LogP contribution is -2.30. The molecule has 7 heteroatoms. The fourth-order valence-corrected chi connectivity index (χ4v) is 3.10. The standard InChI is InChI=1S/C19H30N4O3/c1-6-10-23(11-7-2)12-9-20-17-16-15(19(24)25-8-3)13(4)26-18(16)22-14(5)21-17/h6-12H2,1-5H3,(H,20,21,22). The SMILES string of the molecule is CCCN(CCC)CCNc1nc(C)nc2oc(C)c(C(=O)OCC)c12. The number of ether oxygens (including phenoxy) is 1. The summed E-state index contributed by atoms with van der Waals surface area (Å²) in [4.78, 5) is 23.6. The van der Waals surface area contributed by atoms with E-state index >= 15 is 0 Å². The van der Waals surface area contributed by atoms with E-state index < -0.39 is 5.97 Å². The molecule has 0 saturated carbocycles. The number of nitrogens with zero attached hydrogens (tertiary/aromatic N) is 3. The first-order chi connectivity index (χ1) is 12.5. The molecule has 0 atom stereocenters. The number of hydrogen-bond acceptors (Lipinski definition) is 7. The molecule has 0 aliphatic rings. The van der Waals surface area contributed by atoms with Crippen molar-refractivity contribution in [1.82, 2.24) is 14.9 Å². The van der Waals surface area contributed by atoms with Crippen LogP contribution in [-0.4, -0.2) is 53.6 Å². The normalized spacial score (nSPS) is 11.3. The maximum absolute atomic E-state index is 12.4. The summed E-state index contributed by atoms with van der Waals surface area (Å²) in [6.07, 6.45) is 2.26. The molecule has 26 heavy (non-hydrogen) atoms. The van der Waals surface area contributed by atoms with Crippen molar-refractivity contribution in [2.75, 3.05) is 38.1 Å². The zero-order valence-corrected chi connectivity index (χ0v) is 16.5. The molecular weight excluding hydrogens is 332 g/mol. The molecule has 0 amide bonds. The molecule has 2 aromatic rings. The summed E-state index contributed by atoms with van der Waals surface area (Å²) in [6, 6.07) is 0. The average molecular weight is 362 g/mol. The monoisotopic (exact) mass is 362 g/mol. The van der Waals surface area contributed by atoms with E-state index in [4.69, 9.17) is 9.15 Å². The zero-order valence-electron chi connectivity index (χ0n) is 16.5. The summed E-state index contributed by atoms with van der Waals surface area (Å²) >= 11 is 0. The van der Waals surface area contributed by atoms with Crippen LogP contribution in [-0.2, 0) is 4.74 Å². The van der Waals surface area contributed by atoms with E-state index in [9.17, 15) is 4.79 Å². The number of nitrogens with one attached hydrogen (secondary N) is 1. The molecular formula is C19H30N4O3. The second-order valence-corrected chi connectivity index (χ2v) is 6.32. The average Bonchev–Trinajstić information content (AvgIpc) is 2.91. The molecule has 2 aromatic heterocycles. The maximum Gasteiger partial charge on any atom is 0.342 e. The summed E-state index contributed by atoms with van der Waals surface area (Å²) < 4.78 is 10.9. The van der Waals surface area contributed by atoms with Crippen molar-refractivity contribution in [1.29, 1.82) is 0 Å². The number of furan rings is 1. The first-order valence-corrected chi connectivity index (χ1v) is 9.42. The van der Waals surface area contributed by atoms with Crippen LogP contribution >= 0.6 is 0 Å². The molecule has 0 aliphatic carbocycles. The predicted molar refractivity (Wildman–Crippen MR) is 103 cm³/mol. The Kier molecular flexibility index (Phi) is 7.38. The van der Waals surface area contributed by atoms with Crippen LogP contribution in [0.15, 0.2) is 4.42 Å². The number of hydrogen-bond donors (Lipinski definition) is 1. The van der Waals surface area contributed by atoms with Crippen molar-refractivity contribution in [2.24, 2.45) is 0 Å². The molecule has 144 valence electrons. The highest BCUT2D eigenvalue weighted by Crippen LogP contribution is 2.30. The van der Waals surface area contributed by atoms with E-state index in [2.05, 4.69) is 34.0 Å². The van der Waals surface area contributed by atoms with E-state index in [1.165, 1.54) is 0 Å². The van der Waals surface area contributed by atoms with Gasteiger partial charge in [0.05, 0.1) is 12.0 Å². The summed E-state index contributed by atoms with van der Waals surface area (Å²) in [6.45, 7) is 13.8. The Labute approximate surface area is 155 Å². The third-order valence-corrected chi connectivity index (χ3v) is 4.12. The molecule has 7 nitrogen and oxygen atoms in total. The van der Waals surface area contributed by atoms with Gasteiger partial charge >= 0.3 is 5.97 Å². The molecule has 0 bridgehead atoms. The van der Waals surface area contributed by atoms with Gasteiger partial charge in [0.25, 0.3) is 0 Å². The van der Waals surface area contributed by atoms with Crippen LogP contribution in [0.4, 0.5) is 5.82 Å². The predicted octanol–water partition coefficient (Wildman–Crippen LogP) is 3.55. The molecule has 0 spiro atoms. The summed E-state index contributed by atoms with van der Waals surface area (Å²) in [7, 11) is 0. The minimum atomic E-state index is -0.405. The Morgan fingerprint density at radius 3 is 2.42 bits per heavy atom. The van der Waals surface area contributed by atoms with Crippen LogP contribution < -0.4 is 5.32 Å². The largest absolute Gasteiger partial charge is 0.462 e. The third-order valence-electron chi connectivity index (χ3n) is 4.12. The fourth-order valence-electron chi connectivity index (χ4n) is 3.10. The highest BCUT2D eigenvalue weighted by molar-refractivity contribution is 6.07. The lowest BCUT2D eigenvalue weighted by molar-refractivity contribution is 0.0526. The number of esters is 1. The van der Waals surface area contributed by atoms with Crippen LogP contribution in [0, 0.1) is 13.8 Å². The quantitative estimate of drug-likeness (QED) is 0.647. The van der Waals surface area contributed by atoms with Gasteiger partial charge in [-0.15, -0.1) is 0 Å². The number of carbonyl (C=O) groups excluding carboxylic acids is 1. The molecule has 2 rings (SSSR count). The number of anilines is 1. The maximum atomic E-state index is 12.4. The summed E-state index contributed by atoms with van der Waals surface area (Å²) in [5.74, 6) is 1.32. The van der Waals surface area contributed by atoms with Crippen molar-refractivity contribution in [2.45, 2.75) is 47.5 Å². The highest BCUT2D eigenvalue weighted by atomic mass is 16.5. The van der Waals surface area contributed by atoms with Gasteiger partial charge in [-0.3, -0.25) is 0 Å². The van der Waals surface area contributed by atoms with E-state index in [1.807, 2.05) is 6.92 Å². The zero-order chi connectivity index (χ0) is 19.1. The highest BCUT2D eigenvalue weighted by Gasteiger charge is 2.24. The van der Waals surface area contributed by atoms with Gasteiger partial charge in [-0.25, -0.2) is 9.78 Å². The molecule has 0 aliphatic heterocycles. The van der Waals surface area contributed by atoms with E-state index in [0.29, 0.717) is 40.7 Å². The Morgan fingerprint density at radius 2 is 1.81 bits per heavy atom. The van der Waals surface area contributed by atoms with Gasteiger partial charge in [0.1, 0.15) is 23.0 Å². The van der Waals surface area contributed by atoms with Crippen LogP contribution in [0.3, 0.4) is 0 Å². The van der Waals surface area contributed by atoms with E-state index in [1.54, 1.807) is 13.8 Å². The summed E-state index contributed by atoms with van der Waals surface area (Å²) in [5.41, 5.74) is 0.822. The third kappa shape index (κ3) is 4.72. The van der Waals surface area contributed by atoms with Gasteiger partial charge in [-0.05, 0) is 46.7 Å². The van der Waals surface area contributed by atoms with Crippen LogP contribution in [0.25, 0.3) is 11.1 Å². The second-order valence-electron chi connectivity index (χ2n) is 6.32. The van der Waals surface area contributed by atoms with Crippen molar-refractivity contribution < 1.29 is 13.9 Å².